The lowest BCUT2D eigenvalue weighted by Crippen LogP contribution is -2.28. The fourth-order valence-electron chi connectivity index (χ4n) is 2.82. The summed E-state index contributed by atoms with van der Waals surface area (Å²) in [6.07, 6.45) is -1.12. The van der Waals surface area contributed by atoms with Crippen molar-refractivity contribution in [2.45, 2.75) is 13.0 Å². The normalized spacial score (nSPS) is 11.3. The van der Waals surface area contributed by atoms with Crippen LogP contribution in [-0.2, 0) is 14.3 Å². The van der Waals surface area contributed by atoms with E-state index >= 15 is 0 Å². The standard InChI is InChI=1S/C24H23NO5/c1-17-8-6-13-21(14-17)29-16-22(26)30-23(18-9-4-3-5-10-18)24(27)25-19-11-7-12-20(15-19)28-2/h3-15,23H,16H2,1-2H3,(H,25,27)/t23-/m1/s1. The van der Waals surface area contributed by atoms with Crippen LogP contribution in [0.2, 0.25) is 0 Å². The third-order valence-corrected chi connectivity index (χ3v) is 4.27. The zero-order valence-corrected chi connectivity index (χ0v) is 16.8. The highest BCUT2D eigenvalue weighted by atomic mass is 16.6. The molecular weight excluding hydrogens is 382 g/mol. The number of amides is 1. The van der Waals surface area contributed by atoms with E-state index in [1.807, 2.05) is 31.2 Å². The first-order valence-corrected chi connectivity index (χ1v) is 9.44. The summed E-state index contributed by atoms with van der Waals surface area (Å²) in [6.45, 7) is 1.62. The third kappa shape index (κ3) is 5.85. The maximum Gasteiger partial charge on any atom is 0.345 e. The van der Waals surface area contributed by atoms with E-state index in [0.29, 0.717) is 22.7 Å². The number of carbonyl (C=O) groups excluding carboxylic acids is 2. The van der Waals surface area contributed by atoms with Gasteiger partial charge in [-0.1, -0.05) is 48.5 Å². The van der Waals surface area contributed by atoms with Crippen LogP contribution >= 0.6 is 0 Å². The van der Waals surface area contributed by atoms with Gasteiger partial charge in [-0.25, -0.2) is 4.79 Å². The van der Waals surface area contributed by atoms with Crippen LogP contribution in [0, 0.1) is 6.92 Å². The molecule has 3 aromatic rings. The van der Waals surface area contributed by atoms with Crippen molar-refractivity contribution in [2.75, 3.05) is 19.0 Å². The Morgan fingerprint density at radius 1 is 0.900 bits per heavy atom. The summed E-state index contributed by atoms with van der Waals surface area (Å²) in [5, 5.41) is 2.76. The van der Waals surface area contributed by atoms with Crippen molar-refractivity contribution in [3.05, 3.63) is 90.0 Å². The first kappa shape index (κ1) is 20.9. The Labute approximate surface area is 175 Å². The predicted octanol–water partition coefficient (Wildman–Crippen LogP) is 4.31. The summed E-state index contributed by atoms with van der Waals surface area (Å²) < 4.78 is 16.1. The molecule has 6 heteroatoms. The smallest absolute Gasteiger partial charge is 0.345 e. The first-order chi connectivity index (χ1) is 14.5. The molecule has 0 aromatic heterocycles. The van der Waals surface area contributed by atoms with Crippen LogP contribution in [-0.4, -0.2) is 25.6 Å². The van der Waals surface area contributed by atoms with Crippen molar-refractivity contribution in [3.63, 3.8) is 0 Å². The maximum absolute atomic E-state index is 12.9. The van der Waals surface area contributed by atoms with Crippen LogP contribution in [0.25, 0.3) is 0 Å². The molecule has 0 aliphatic heterocycles. The topological polar surface area (TPSA) is 73.9 Å². The quantitative estimate of drug-likeness (QED) is 0.566. The molecule has 3 aromatic carbocycles. The van der Waals surface area contributed by atoms with Crippen molar-refractivity contribution in [1.29, 1.82) is 0 Å². The number of hydrogen-bond donors (Lipinski definition) is 1. The van der Waals surface area contributed by atoms with Gasteiger partial charge in [-0.2, -0.15) is 0 Å². The second kappa shape index (κ2) is 10.1. The van der Waals surface area contributed by atoms with Gasteiger partial charge in [-0.05, 0) is 36.8 Å². The van der Waals surface area contributed by atoms with Gasteiger partial charge in [0.15, 0.2) is 6.61 Å². The lowest BCUT2D eigenvalue weighted by Gasteiger charge is -2.18. The number of ether oxygens (including phenoxy) is 3. The second-order valence-electron chi connectivity index (χ2n) is 6.61. The number of carbonyl (C=O) groups is 2. The van der Waals surface area contributed by atoms with Crippen molar-refractivity contribution in [1.82, 2.24) is 0 Å². The molecule has 1 amide bonds. The zero-order valence-electron chi connectivity index (χ0n) is 16.8. The molecule has 0 unspecified atom stereocenters. The number of methoxy groups -OCH3 is 1. The first-order valence-electron chi connectivity index (χ1n) is 9.44. The van der Waals surface area contributed by atoms with Crippen LogP contribution in [0.3, 0.4) is 0 Å². The molecule has 6 nitrogen and oxygen atoms in total. The Bertz CT molecular complexity index is 1000. The van der Waals surface area contributed by atoms with Gasteiger partial charge >= 0.3 is 5.97 Å². The molecule has 0 radical (unpaired) electrons. The van der Waals surface area contributed by atoms with E-state index in [1.54, 1.807) is 61.7 Å². The van der Waals surface area contributed by atoms with E-state index in [-0.39, 0.29) is 6.61 Å². The highest BCUT2D eigenvalue weighted by Gasteiger charge is 2.25. The predicted molar refractivity (Wildman–Crippen MR) is 114 cm³/mol. The summed E-state index contributed by atoms with van der Waals surface area (Å²) in [6, 6.07) is 23.1. The van der Waals surface area contributed by atoms with E-state index < -0.39 is 18.0 Å². The number of rotatable bonds is 8. The molecule has 30 heavy (non-hydrogen) atoms. The summed E-state index contributed by atoms with van der Waals surface area (Å²) in [4.78, 5) is 25.3. The lowest BCUT2D eigenvalue weighted by molar-refractivity contribution is -0.156. The van der Waals surface area contributed by atoms with Gasteiger partial charge in [-0.15, -0.1) is 0 Å². The minimum Gasteiger partial charge on any atom is -0.497 e. The summed E-state index contributed by atoms with van der Waals surface area (Å²) >= 11 is 0. The van der Waals surface area contributed by atoms with Crippen molar-refractivity contribution in [3.8, 4) is 11.5 Å². The molecule has 0 saturated heterocycles. The SMILES string of the molecule is COc1cccc(NC(=O)[C@H](OC(=O)COc2cccc(C)c2)c2ccccc2)c1. The Morgan fingerprint density at radius 2 is 1.63 bits per heavy atom. The average molecular weight is 405 g/mol. The molecular formula is C24H23NO5. The molecule has 0 fully saturated rings. The molecule has 0 aliphatic rings. The van der Waals surface area contributed by atoms with Gasteiger partial charge in [0.1, 0.15) is 11.5 Å². The molecule has 0 bridgehead atoms. The van der Waals surface area contributed by atoms with E-state index in [9.17, 15) is 9.59 Å². The maximum atomic E-state index is 12.9. The average Bonchev–Trinajstić information content (AvgIpc) is 2.76. The van der Waals surface area contributed by atoms with E-state index in [0.717, 1.165) is 5.56 Å². The van der Waals surface area contributed by atoms with Crippen LogP contribution < -0.4 is 14.8 Å². The third-order valence-electron chi connectivity index (χ3n) is 4.27. The van der Waals surface area contributed by atoms with Crippen molar-refractivity contribution < 1.29 is 23.8 Å². The Hall–Kier alpha value is -3.80. The van der Waals surface area contributed by atoms with Crippen molar-refractivity contribution >= 4 is 17.6 Å². The van der Waals surface area contributed by atoms with Gasteiger partial charge in [0, 0.05) is 17.3 Å². The van der Waals surface area contributed by atoms with Crippen molar-refractivity contribution in [2.24, 2.45) is 0 Å². The molecule has 0 saturated carbocycles. The minimum absolute atomic E-state index is 0.306. The highest BCUT2D eigenvalue weighted by molar-refractivity contribution is 5.96. The highest BCUT2D eigenvalue weighted by Crippen LogP contribution is 2.22. The van der Waals surface area contributed by atoms with Crippen LogP contribution in [0.5, 0.6) is 11.5 Å². The zero-order chi connectivity index (χ0) is 21.3. The second-order valence-corrected chi connectivity index (χ2v) is 6.61. The summed E-state index contributed by atoms with van der Waals surface area (Å²) in [5.74, 6) is 0.0427. The molecule has 0 spiro atoms. The Morgan fingerprint density at radius 3 is 2.37 bits per heavy atom. The minimum atomic E-state index is -1.12. The summed E-state index contributed by atoms with van der Waals surface area (Å²) in [5.41, 5.74) is 2.11. The van der Waals surface area contributed by atoms with Crippen LogP contribution in [0.4, 0.5) is 5.69 Å². The lowest BCUT2D eigenvalue weighted by atomic mass is 10.1. The van der Waals surface area contributed by atoms with Crippen LogP contribution in [0.15, 0.2) is 78.9 Å². The van der Waals surface area contributed by atoms with Gasteiger partial charge in [0.25, 0.3) is 5.91 Å². The van der Waals surface area contributed by atoms with E-state index in [2.05, 4.69) is 5.32 Å². The molecule has 0 aliphatic carbocycles. The number of benzene rings is 3. The number of aryl methyl sites for hydroxylation is 1. The number of anilines is 1. The Balaban J connectivity index is 1.70. The van der Waals surface area contributed by atoms with Gasteiger partial charge in [0.2, 0.25) is 6.10 Å². The van der Waals surface area contributed by atoms with Crippen LogP contribution in [0.1, 0.15) is 17.2 Å². The fraction of sp³-hybridized carbons (Fsp3) is 0.167. The van der Waals surface area contributed by atoms with Gasteiger partial charge < -0.3 is 19.5 Å². The number of esters is 1. The molecule has 0 heterocycles. The van der Waals surface area contributed by atoms with Gasteiger partial charge in [0.05, 0.1) is 7.11 Å². The van der Waals surface area contributed by atoms with E-state index in [1.165, 1.54) is 0 Å². The van der Waals surface area contributed by atoms with E-state index in [4.69, 9.17) is 14.2 Å². The summed E-state index contributed by atoms with van der Waals surface area (Å²) in [7, 11) is 1.55. The fourth-order valence-corrected chi connectivity index (χ4v) is 2.82. The van der Waals surface area contributed by atoms with Gasteiger partial charge in [-0.3, -0.25) is 4.79 Å². The number of hydrogen-bond acceptors (Lipinski definition) is 5. The molecule has 1 atom stereocenters. The molecule has 1 N–H and O–H groups in total. The molecule has 154 valence electrons. The largest absolute Gasteiger partial charge is 0.497 e. The number of nitrogens with one attached hydrogen (secondary N) is 1. The Kier molecular flexibility index (Phi) is 7.05. The molecule has 3 rings (SSSR count). The monoisotopic (exact) mass is 405 g/mol.